The Morgan fingerprint density at radius 1 is 0.773 bits per heavy atom. The number of aliphatic hydroxyl groups excluding tert-OH is 2. The Bertz CT molecular complexity index is 255. The summed E-state index contributed by atoms with van der Waals surface area (Å²) in [6.07, 6.45) is 11.8. The molecule has 2 N–H and O–H groups in total. The molecule has 132 valence electrons. The van der Waals surface area contributed by atoms with Crippen molar-refractivity contribution >= 4 is 5.97 Å². The number of carboxylic acids is 1. The summed E-state index contributed by atoms with van der Waals surface area (Å²) in [4.78, 5) is 10.2. The van der Waals surface area contributed by atoms with Gasteiger partial charge in [-0.3, -0.25) is 0 Å². The van der Waals surface area contributed by atoms with Gasteiger partial charge in [-0.2, -0.15) is 0 Å². The quantitative estimate of drug-likeness (QED) is 0.429. The van der Waals surface area contributed by atoms with Crippen LogP contribution >= 0.6 is 0 Å². The molecule has 0 aromatic rings. The van der Waals surface area contributed by atoms with Crippen LogP contribution in [0.5, 0.6) is 0 Å². The zero-order valence-corrected chi connectivity index (χ0v) is 14.3. The van der Waals surface area contributed by atoms with Crippen LogP contribution in [0.4, 0.5) is 0 Å². The van der Waals surface area contributed by atoms with Crippen molar-refractivity contribution in [1.82, 2.24) is 0 Å². The number of unbranched alkanes of at least 4 members (excludes halogenated alkanes) is 9. The van der Waals surface area contributed by atoms with Crippen LogP contribution in [0.25, 0.3) is 0 Å². The zero-order chi connectivity index (χ0) is 16.6. The molecular weight excluding hydrogens is 280 g/mol. The summed E-state index contributed by atoms with van der Waals surface area (Å²) in [5.74, 6) is -0.978. The molecule has 22 heavy (non-hydrogen) atoms. The van der Waals surface area contributed by atoms with Crippen LogP contribution in [0.3, 0.4) is 0 Å². The van der Waals surface area contributed by atoms with Crippen LogP contribution < -0.4 is 5.11 Å². The largest absolute Gasteiger partial charge is 0.550 e. The van der Waals surface area contributed by atoms with Gasteiger partial charge in [0.2, 0.25) is 0 Å². The van der Waals surface area contributed by atoms with Crippen molar-refractivity contribution in [3.8, 4) is 0 Å². The van der Waals surface area contributed by atoms with E-state index in [1.54, 1.807) is 0 Å². The van der Waals surface area contributed by atoms with E-state index in [0.717, 1.165) is 38.5 Å². The van der Waals surface area contributed by atoms with E-state index in [9.17, 15) is 20.1 Å². The van der Waals surface area contributed by atoms with Gasteiger partial charge in [0.1, 0.15) is 0 Å². The Balaban J connectivity index is 3.38. The van der Waals surface area contributed by atoms with Crippen molar-refractivity contribution in [3.63, 3.8) is 0 Å². The van der Waals surface area contributed by atoms with E-state index < -0.39 is 18.2 Å². The van der Waals surface area contributed by atoms with E-state index in [2.05, 4.69) is 6.92 Å². The normalized spacial score (nSPS) is 14.0. The smallest absolute Gasteiger partial charge is 0.0799 e. The molecule has 0 saturated heterocycles. The van der Waals surface area contributed by atoms with Crippen LogP contribution in [-0.2, 0) is 4.79 Å². The standard InChI is InChI=1S/C18H36O4/c1-2-3-4-5-7-10-13-16(19)17(20)14-11-8-6-9-12-15-18(21)22/h16-17,19-20H,2-15H2,1H3,(H,21,22)/p-1/t16-,17+/m1/s1. The summed E-state index contributed by atoms with van der Waals surface area (Å²) < 4.78 is 0. The van der Waals surface area contributed by atoms with Crippen LogP contribution in [0, 0.1) is 0 Å². The van der Waals surface area contributed by atoms with Gasteiger partial charge in [0.25, 0.3) is 0 Å². The average molecular weight is 315 g/mol. The van der Waals surface area contributed by atoms with Gasteiger partial charge in [-0.05, 0) is 25.7 Å². The first-order chi connectivity index (χ1) is 10.6. The Hall–Kier alpha value is -0.610. The van der Waals surface area contributed by atoms with Crippen LogP contribution in [0.15, 0.2) is 0 Å². The average Bonchev–Trinajstić information content (AvgIpc) is 2.49. The lowest BCUT2D eigenvalue weighted by atomic mass is 9.99. The van der Waals surface area contributed by atoms with Crippen molar-refractivity contribution in [2.24, 2.45) is 0 Å². The maximum absolute atomic E-state index is 10.2. The minimum absolute atomic E-state index is 0.138. The number of rotatable bonds is 16. The molecule has 0 amide bonds. The van der Waals surface area contributed by atoms with Crippen LogP contribution in [0.2, 0.25) is 0 Å². The molecule has 4 nitrogen and oxygen atoms in total. The van der Waals surface area contributed by atoms with Crippen molar-refractivity contribution < 1.29 is 20.1 Å². The second-order valence-electron chi connectivity index (χ2n) is 6.37. The molecule has 0 spiro atoms. The third kappa shape index (κ3) is 14.3. The van der Waals surface area contributed by atoms with Gasteiger partial charge >= 0.3 is 0 Å². The Kier molecular flexibility index (Phi) is 14.9. The number of carboxylic acid groups (broad SMARTS) is 1. The highest BCUT2D eigenvalue weighted by Crippen LogP contribution is 2.15. The number of aliphatic hydroxyl groups is 2. The Morgan fingerprint density at radius 3 is 1.64 bits per heavy atom. The molecule has 0 aromatic heterocycles. The van der Waals surface area contributed by atoms with Crippen molar-refractivity contribution in [2.75, 3.05) is 0 Å². The summed E-state index contributed by atoms with van der Waals surface area (Å²) >= 11 is 0. The SMILES string of the molecule is CCCCCCCC[C@@H](O)[C@@H](O)CCCCCCCC(=O)[O-]. The second-order valence-corrected chi connectivity index (χ2v) is 6.37. The number of hydrogen-bond donors (Lipinski definition) is 2. The van der Waals surface area contributed by atoms with E-state index >= 15 is 0 Å². The van der Waals surface area contributed by atoms with Gasteiger partial charge < -0.3 is 20.1 Å². The predicted octanol–water partition coefficient (Wildman–Crippen LogP) is 2.94. The molecule has 0 aliphatic carbocycles. The lowest BCUT2D eigenvalue weighted by Crippen LogP contribution is -2.25. The summed E-state index contributed by atoms with van der Waals surface area (Å²) in [7, 11) is 0. The van der Waals surface area contributed by atoms with Gasteiger partial charge in [-0.1, -0.05) is 71.1 Å². The fourth-order valence-corrected chi connectivity index (χ4v) is 2.67. The molecule has 2 atom stereocenters. The summed E-state index contributed by atoms with van der Waals surface area (Å²) in [5, 5.41) is 30.0. The number of aliphatic carboxylic acids is 1. The lowest BCUT2D eigenvalue weighted by Gasteiger charge is -2.17. The molecule has 0 heterocycles. The van der Waals surface area contributed by atoms with E-state index in [0.29, 0.717) is 19.3 Å². The molecule has 0 saturated carbocycles. The minimum atomic E-state index is -0.978. The fourth-order valence-electron chi connectivity index (χ4n) is 2.67. The maximum atomic E-state index is 10.2. The number of carbonyl (C=O) groups excluding carboxylic acids is 1. The first-order valence-electron chi connectivity index (χ1n) is 9.14. The maximum Gasteiger partial charge on any atom is 0.0799 e. The van der Waals surface area contributed by atoms with Gasteiger partial charge in [0.15, 0.2) is 0 Å². The highest BCUT2D eigenvalue weighted by molar-refractivity contribution is 5.63. The van der Waals surface area contributed by atoms with Gasteiger partial charge in [-0.25, -0.2) is 0 Å². The Morgan fingerprint density at radius 2 is 1.18 bits per heavy atom. The highest BCUT2D eigenvalue weighted by atomic mass is 16.4. The van der Waals surface area contributed by atoms with Crippen LogP contribution in [-0.4, -0.2) is 28.4 Å². The lowest BCUT2D eigenvalue weighted by molar-refractivity contribution is -0.305. The molecule has 0 radical (unpaired) electrons. The monoisotopic (exact) mass is 315 g/mol. The third-order valence-electron chi connectivity index (χ3n) is 4.18. The topological polar surface area (TPSA) is 80.6 Å². The summed E-state index contributed by atoms with van der Waals surface area (Å²) in [6, 6.07) is 0. The molecule has 0 unspecified atom stereocenters. The zero-order valence-electron chi connectivity index (χ0n) is 14.3. The molecule has 0 aromatic carbocycles. The minimum Gasteiger partial charge on any atom is -0.550 e. The molecular formula is C18H35O4-. The van der Waals surface area contributed by atoms with Gasteiger partial charge in [0.05, 0.1) is 12.2 Å². The molecule has 0 fully saturated rings. The first-order valence-corrected chi connectivity index (χ1v) is 9.14. The second kappa shape index (κ2) is 15.3. The number of carbonyl (C=O) groups is 1. The third-order valence-corrected chi connectivity index (χ3v) is 4.18. The summed E-state index contributed by atoms with van der Waals surface area (Å²) in [5.41, 5.74) is 0. The van der Waals surface area contributed by atoms with Crippen molar-refractivity contribution in [3.05, 3.63) is 0 Å². The molecule has 0 rings (SSSR count). The number of hydrogen-bond acceptors (Lipinski definition) is 4. The Labute approximate surface area is 135 Å². The fraction of sp³-hybridized carbons (Fsp3) is 0.944. The van der Waals surface area contributed by atoms with E-state index in [-0.39, 0.29) is 6.42 Å². The van der Waals surface area contributed by atoms with E-state index in [1.165, 1.54) is 25.7 Å². The van der Waals surface area contributed by atoms with Gasteiger partial charge in [0, 0.05) is 5.97 Å². The van der Waals surface area contributed by atoms with E-state index in [1.807, 2.05) is 0 Å². The molecule has 0 bridgehead atoms. The highest BCUT2D eigenvalue weighted by Gasteiger charge is 2.14. The van der Waals surface area contributed by atoms with Crippen molar-refractivity contribution in [1.29, 1.82) is 0 Å². The predicted molar refractivity (Wildman–Crippen MR) is 87.3 cm³/mol. The molecule has 0 aliphatic heterocycles. The van der Waals surface area contributed by atoms with Gasteiger partial charge in [-0.15, -0.1) is 0 Å². The first kappa shape index (κ1) is 21.4. The van der Waals surface area contributed by atoms with E-state index in [4.69, 9.17) is 0 Å². The summed E-state index contributed by atoms with van der Waals surface area (Å²) in [6.45, 7) is 2.20. The molecule has 4 heteroatoms. The van der Waals surface area contributed by atoms with Crippen LogP contribution in [0.1, 0.15) is 96.8 Å². The van der Waals surface area contributed by atoms with Crippen molar-refractivity contribution in [2.45, 2.75) is 109 Å². The molecule has 0 aliphatic rings.